The average molecular weight is 338 g/mol. The molecule has 0 unspecified atom stereocenters. The average Bonchev–Trinajstić information content (AvgIpc) is 2.90. The lowest BCUT2D eigenvalue weighted by atomic mass is 10.2. The minimum absolute atomic E-state index is 0.0118. The number of non-ortho nitro benzene ring substituents is 1. The first-order chi connectivity index (χ1) is 12.0. The zero-order valence-electron chi connectivity index (χ0n) is 13.2. The molecule has 2 aromatic carbocycles. The van der Waals surface area contributed by atoms with Gasteiger partial charge in [-0.3, -0.25) is 24.8 Å². The van der Waals surface area contributed by atoms with E-state index < -0.39 is 16.4 Å². The summed E-state index contributed by atoms with van der Waals surface area (Å²) in [7, 11) is 0. The van der Waals surface area contributed by atoms with Gasteiger partial charge in [-0.1, -0.05) is 18.2 Å². The van der Waals surface area contributed by atoms with Crippen molar-refractivity contribution in [2.24, 2.45) is 0 Å². The quantitative estimate of drug-likeness (QED) is 0.563. The summed E-state index contributed by atoms with van der Waals surface area (Å²) in [6, 6.07) is 14.3. The number of amides is 1. The summed E-state index contributed by atoms with van der Waals surface area (Å²) in [5.41, 5.74) is 0.840. The van der Waals surface area contributed by atoms with Crippen molar-refractivity contribution in [1.82, 2.24) is 9.78 Å². The van der Waals surface area contributed by atoms with E-state index in [1.54, 1.807) is 31.2 Å². The lowest BCUT2D eigenvalue weighted by Crippen LogP contribution is -2.24. The summed E-state index contributed by atoms with van der Waals surface area (Å²) >= 11 is 0. The molecule has 0 bridgehead atoms. The van der Waals surface area contributed by atoms with Gasteiger partial charge in [-0.15, -0.1) is 0 Å². The summed E-state index contributed by atoms with van der Waals surface area (Å²) in [6.07, 6.45) is 0. The zero-order valence-corrected chi connectivity index (χ0v) is 13.2. The number of aryl methyl sites for hydroxylation is 1. The maximum Gasteiger partial charge on any atom is 0.284 e. The number of nitro groups is 1. The number of aromatic amines is 1. The highest BCUT2D eigenvalue weighted by atomic mass is 16.6. The zero-order chi connectivity index (χ0) is 18.0. The molecular formula is C17H14N4O4. The number of hydrogen-bond donors (Lipinski definition) is 2. The van der Waals surface area contributed by atoms with Crippen LogP contribution in [0.15, 0.2) is 59.4 Å². The highest BCUT2D eigenvalue weighted by molar-refractivity contribution is 6.04. The van der Waals surface area contributed by atoms with Crippen LogP contribution in [0.5, 0.6) is 0 Å². The third kappa shape index (κ3) is 3.18. The number of nitro benzene ring substituents is 1. The Morgan fingerprint density at radius 2 is 1.76 bits per heavy atom. The SMILES string of the molecule is Cc1[nH]n(-c2ccccc2)c(=O)c1C(=O)Nc1ccc([N+](=O)[O-])cc1. The van der Waals surface area contributed by atoms with Crippen LogP contribution in [-0.4, -0.2) is 20.6 Å². The summed E-state index contributed by atoms with van der Waals surface area (Å²) in [5.74, 6) is -0.581. The van der Waals surface area contributed by atoms with Crippen LogP contribution in [0.3, 0.4) is 0 Å². The molecule has 8 heteroatoms. The van der Waals surface area contributed by atoms with Crippen molar-refractivity contribution < 1.29 is 9.72 Å². The molecule has 1 amide bonds. The molecule has 0 spiro atoms. The first-order valence-electron chi connectivity index (χ1n) is 7.40. The Labute approximate surface area is 141 Å². The van der Waals surface area contributed by atoms with Crippen LogP contribution in [0.4, 0.5) is 11.4 Å². The molecule has 25 heavy (non-hydrogen) atoms. The molecule has 1 heterocycles. The molecule has 0 radical (unpaired) electrons. The van der Waals surface area contributed by atoms with Crippen molar-refractivity contribution in [1.29, 1.82) is 0 Å². The van der Waals surface area contributed by atoms with E-state index in [1.807, 2.05) is 6.07 Å². The van der Waals surface area contributed by atoms with Crippen molar-refractivity contribution in [2.45, 2.75) is 6.92 Å². The molecule has 0 aliphatic rings. The number of para-hydroxylation sites is 1. The molecule has 0 aliphatic heterocycles. The molecule has 0 aliphatic carbocycles. The fourth-order valence-electron chi connectivity index (χ4n) is 2.43. The number of aromatic nitrogens is 2. The molecule has 0 saturated carbocycles. The first-order valence-corrected chi connectivity index (χ1v) is 7.40. The van der Waals surface area contributed by atoms with Gasteiger partial charge in [-0.2, -0.15) is 0 Å². The van der Waals surface area contributed by atoms with Gasteiger partial charge in [0.1, 0.15) is 5.56 Å². The molecule has 126 valence electrons. The second-order valence-corrected chi connectivity index (χ2v) is 5.35. The van der Waals surface area contributed by atoms with Gasteiger partial charge < -0.3 is 5.32 Å². The van der Waals surface area contributed by atoms with Gasteiger partial charge in [-0.05, 0) is 31.2 Å². The van der Waals surface area contributed by atoms with Gasteiger partial charge in [0, 0.05) is 23.5 Å². The maximum atomic E-state index is 12.5. The molecular weight excluding hydrogens is 324 g/mol. The molecule has 0 fully saturated rings. The Kier molecular flexibility index (Phi) is 4.17. The predicted octanol–water partition coefficient (Wildman–Crippen LogP) is 2.63. The minimum Gasteiger partial charge on any atom is -0.322 e. The molecule has 2 N–H and O–H groups in total. The van der Waals surface area contributed by atoms with E-state index in [0.29, 0.717) is 17.1 Å². The van der Waals surface area contributed by atoms with Crippen molar-refractivity contribution in [3.05, 3.63) is 86.3 Å². The summed E-state index contributed by atoms with van der Waals surface area (Å²) in [5, 5.41) is 16.1. The van der Waals surface area contributed by atoms with Gasteiger partial charge in [0.05, 0.1) is 10.6 Å². The van der Waals surface area contributed by atoms with E-state index in [1.165, 1.54) is 28.9 Å². The van der Waals surface area contributed by atoms with Crippen LogP contribution in [0.2, 0.25) is 0 Å². The predicted molar refractivity (Wildman–Crippen MR) is 92.2 cm³/mol. The van der Waals surface area contributed by atoms with E-state index in [-0.39, 0.29) is 11.3 Å². The third-order valence-electron chi connectivity index (χ3n) is 3.65. The Bertz CT molecular complexity index is 988. The normalized spacial score (nSPS) is 10.4. The van der Waals surface area contributed by atoms with E-state index in [9.17, 15) is 19.7 Å². The summed E-state index contributed by atoms with van der Waals surface area (Å²) in [6.45, 7) is 1.63. The number of hydrogen-bond acceptors (Lipinski definition) is 4. The lowest BCUT2D eigenvalue weighted by molar-refractivity contribution is -0.384. The smallest absolute Gasteiger partial charge is 0.284 e. The number of H-pyrrole nitrogens is 1. The first kappa shape index (κ1) is 16.2. The van der Waals surface area contributed by atoms with Crippen molar-refractivity contribution in [3.63, 3.8) is 0 Å². The van der Waals surface area contributed by atoms with Crippen LogP contribution in [0.25, 0.3) is 5.69 Å². The Morgan fingerprint density at radius 3 is 2.36 bits per heavy atom. The van der Waals surface area contributed by atoms with E-state index in [4.69, 9.17) is 0 Å². The highest BCUT2D eigenvalue weighted by Crippen LogP contribution is 2.16. The van der Waals surface area contributed by atoms with Gasteiger partial charge in [0.2, 0.25) is 0 Å². The largest absolute Gasteiger partial charge is 0.322 e. The molecule has 0 atom stereocenters. The van der Waals surface area contributed by atoms with Crippen LogP contribution < -0.4 is 10.9 Å². The lowest BCUT2D eigenvalue weighted by Gasteiger charge is -2.03. The Hall–Kier alpha value is -3.68. The van der Waals surface area contributed by atoms with Gasteiger partial charge in [0.25, 0.3) is 17.2 Å². The van der Waals surface area contributed by atoms with Crippen LogP contribution in [-0.2, 0) is 0 Å². The minimum atomic E-state index is -0.581. The fraction of sp³-hybridized carbons (Fsp3) is 0.0588. The van der Waals surface area contributed by atoms with Crippen molar-refractivity contribution >= 4 is 17.3 Å². The van der Waals surface area contributed by atoms with Gasteiger partial charge in [0.15, 0.2) is 0 Å². The Balaban J connectivity index is 1.89. The number of nitrogens with one attached hydrogen (secondary N) is 2. The number of rotatable bonds is 4. The van der Waals surface area contributed by atoms with Crippen molar-refractivity contribution in [2.75, 3.05) is 5.32 Å². The second kappa shape index (κ2) is 6.44. The number of carbonyl (C=O) groups is 1. The fourth-order valence-corrected chi connectivity index (χ4v) is 2.43. The summed E-state index contributed by atoms with van der Waals surface area (Å²) < 4.78 is 1.29. The van der Waals surface area contributed by atoms with E-state index >= 15 is 0 Å². The van der Waals surface area contributed by atoms with Crippen LogP contribution in [0, 0.1) is 17.0 Å². The van der Waals surface area contributed by atoms with E-state index in [2.05, 4.69) is 10.4 Å². The number of carbonyl (C=O) groups excluding carboxylic acids is 1. The standard InChI is InChI=1S/C17H14N4O4/c1-11-15(17(23)20(19-11)13-5-3-2-4-6-13)16(22)18-12-7-9-14(10-8-12)21(24)25/h2-10,19H,1H3,(H,18,22). The Morgan fingerprint density at radius 1 is 1.12 bits per heavy atom. The summed E-state index contributed by atoms with van der Waals surface area (Å²) in [4.78, 5) is 35.1. The number of benzene rings is 2. The highest BCUT2D eigenvalue weighted by Gasteiger charge is 2.19. The van der Waals surface area contributed by atoms with Gasteiger partial charge in [-0.25, -0.2) is 4.68 Å². The molecule has 3 aromatic rings. The van der Waals surface area contributed by atoms with Crippen LogP contribution in [0.1, 0.15) is 16.1 Å². The topological polar surface area (TPSA) is 110 Å². The monoisotopic (exact) mass is 338 g/mol. The third-order valence-corrected chi connectivity index (χ3v) is 3.65. The van der Waals surface area contributed by atoms with E-state index in [0.717, 1.165) is 0 Å². The molecule has 1 aromatic heterocycles. The number of anilines is 1. The number of nitrogens with zero attached hydrogens (tertiary/aromatic N) is 2. The van der Waals surface area contributed by atoms with Crippen LogP contribution >= 0.6 is 0 Å². The second-order valence-electron chi connectivity index (χ2n) is 5.35. The molecule has 0 saturated heterocycles. The molecule has 8 nitrogen and oxygen atoms in total. The van der Waals surface area contributed by atoms with Gasteiger partial charge >= 0.3 is 0 Å². The van der Waals surface area contributed by atoms with Crippen molar-refractivity contribution in [3.8, 4) is 5.69 Å². The maximum absolute atomic E-state index is 12.5. The molecule has 3 rings (SSSR count).